The minimum absolute atomic E-state index is 0.0887. The van der Waals surface area contributed by atoms with Crippen LogP contribution in [0.4, 0.5) is 0 Å². The third kappa shape index (κ3) is 3.95. The number of methoxy groups -OCH3 is 1. The van der Waals surface area contributed by atoms with E-state index in [0.29, 0.717) is 5.69 Å². The Morgan fingerprint density at radius 3 is 2.65 bits per heavy atom. The fourth-order valence-corrected chi connectivity index (χ4v) is 2.69. The molecule has 1 atom stereocenters. The van der Waals surface area contributed by atoms with Crippen molar-refractivity contribution in [2.45, 2.75) is 32.3 Å². The zero-order chi connectivity index (χ0) is 18.7. The van der Waals surface area contributed by atoms with Crippen LogP contribution in [0.15, 0.2) is 36.4 Å². The Morgan fingerprint density at radius 2 is 2.08 bits per heavy atom. The van der Waals surface area contributed by atoms with Gasteiger partial charge in [-0.2, -0.15) is 0 Å². The van der Waals surface area contributed by atoms with Crippen LogP contribution in [-0.4, -0.2) is 35.6 Å². The monoisotopic (exact) mass is 359 g/mol. The Labute approximate surface area is 151 Å². The number of aromatic nitrogens is 1. The molecule has 138 valence electrons. The highest BCUT2D eigenvalue weighted by atomic mass is 16.7. The van der Waals surface area contributed by atoms with Crippen molar-refractivity contribution in [1.82, 2.24) is 4.98 Å². The maximum absolute atomic E-state index is 11.7. The number of rotatable bonds is 6. The van der Waals surface area contributed by atoms with Gasteiger partial charge in [0.15, 0.2) is 23.0 Å². The van der Waals surface area contributed by atoms with E-state index in [0.717, 1.165) is 5.56 Å². The zero-order valence-electron chi connectivity index (χ0n) is 14.9. The van der Waals surface area contributed by atoms with E-state index in [1.54, 1.807) is 19.9 Å². The lowest BCUT2D eigenvalue weighted by Crippen LogP contribution is -2.20. The van der Waals surface area contributed by atoms with Crippen LogP contribution in [-0.2, 0) is 16.1 Å². The second-order valence-corrected chi connectivity index (χ2v) is 6.32. The summed E-state index contributed by atoms with van der Waals surface area (Å²) in [5.41, 5.74) is 1.12. The van der Waals surface area contributed by atoms with Gasteiger partial charge in [0.25, 0.3) is 0 Å². The van der Waals surface area contributed by atoms with E-state index in [1.807, 2.05) is 30.3 Å². The number of carboxylic acids is 1. The first-order valence-corrected chi connectivity index (χ1v) is 8.20. The van der Waals surface area contributed by atoms with Crippen LogP contribution in [0.1, 0.15) is 41.7 Å². The third-order valence-corrected chi connectivity index (χ3v) is 3.95. The summed E-state index contributed by atoms with van der Waals surface area (Å²) in [5, 5.41) is 9.58. The van der Waals surface area contributed by atoms with Crippen LogP contribution in [0.25, 0.3) is 0 Å². The third-order valence-electron chi connectivity index (χ3n) is 3.95. The predicted molar refractivity (Wildman–Crippen MR) is 92.4 cm³/mol. The molecule has 0 amide bonds. The first-order valence-electron chi connectivity index (χ1n) is 8.20. The van der Waals surface area contributed by atoms with Crippen molar-refractivity contribution >= 4 is 5.97 Å². The SMILES string of the molecule is COc1cc(C2COC(C)(C)O2)nc(C(=O)O)c1OCc1ccccc1. The summed E-state index contributed by atoms with van der Waals surface area (Å²) in [4.78, 5) is 16.0. The van der Waals surface area contributed by atoms with Crippen molar-refractivity contribution in [2.24, 2.45) is 0 Å². The standard InChI is InChI=1S/C19H21NO6/c1-19(2)25-11-15(26-19)13-9-14(23-3)17(16(20-13)18(21)22)24-10-12-7-5-4-6-8-12/h4-9,15H,10-11H2,1-3H3,(H,21,22). The molecule has 1 aromatic carbocycles. The normalized spacial score (nSPS) is 18.5. The smallest absolute Gasteiger partial charge is 0.358 e. The number of carbonyl (C=O) groups is 1. The summed E-state index contributed by atoms with van der Waals surface area (Å²) in [6.45, 7) is 4.07. The highest BCUT2D eigenvalue weighted by Crippen LogP contribution is 2.38. The molecule has 1 aromatic heterocycles. The van der Waals surface area contributed by atoms with Crippen LogP contribution >= 0.6 is 0 Å². The van der Waals surface area contributed by atoms with Crippen LogP contribution in [0, 0.1) is 0 Å². The van der Waals surface area contributed by atoms with Crippen LogP contribution in [0.5, 0.6) is 11.5 Å². The summed E-state index contributed by atoms with van der Waals surface area (Å²) in [5.74, 6) is -1.57. The molecule has 3 rings (SSSR count). The molecule has 1 saturated heterocycles. The molecule has 0 bridgehead atoms. The Bertz CT molecular complexity index is 790. The van der Waals surface area contributed by atoms with Crippen molar-refractivity contribution in [1.29, 1.82) is 0 Å². The Kier molecular flexibility index (Phi) is 5.11. The summed E-state index contributed by atoms with van der Waals surface area (Å²) in [6, 6.07) is 11.1. The number of pyridine rings is 1. The quantitative estimate of drug-likeness (QED) is 0.847. The zero-order valence-corrected chi connectivity index (χ0v) is 14.9. The molecule has 0 saturated carbocycles. The van der Waals surface area contributed by atoms with E-state index in [4.69, 9.17) is 18.9 Å². The molecule has 1 aliphatic heterocycles. The molecule has 1 aliphatic rings. The second-order valence-electron chi connectivity index (χ2n) is 6.32. The van der Waals surface area contributed by atoms with E-state index >= 15 is 0 Å². The van der Waals surface area contributed by atoms with Gasteiger partial charge in [-0.15, -0.1) is 0 Å². The minimum atomic E-state index is -1.20. The Hall–Kier alpha value is -2.64. The molecular weight excluding hydrogens is 338 g/mol. The van der Waals surface area contributed by atoms with Gasteiger partial charge in [-0.3, -0.25) is 0 Å². The van der Waals surface area contributed by atoms with Gasteiger partial charge < -0.3 is 24.1 Å². The topological polar surface area (TPSA) is 87.1 Å². The largest absolute Gasteiger partial charge is 0.493 e. The number of benzene rings is 1. The molecule has 1 fully saturated rings. The molecule has 2 aromatic rings. The number of hydrogen-bond donors (Lipinski definition) is 1. The molecule has 7 nitrogen and oxygen atoms in total. The Morgan fingerprint density at radius 1 is 1.35 bits per heavy atom. The average molecular weight is 359 g/mol. The number of ether oxygens (including phenoxy) is 4. The molecule has 7 heteroatoms. The van der Waals surface area contributed by atoms with Gasteiger partial charge in [-0.25, -0.2) is 9.78 Å². The maximum atomic E-state index is 11.7. The summed E-state index contributed by atoms with van der Waals surface area (Å²) in [6.07, 6.45) is -0.472. The number of carboxylic acid groups (broad SMARTS) is 1. The fraction of sp³-hybridized carbons (Fsp3) is 0.368. The van der Waals surface area contributed by atoms with Gasteiger partial charge in [0.1, 0.15) is 12.7 Å². The molecule has 2 heterocycles. The fourth-order valence-electron chi connectivity index (χ4n) is 2.69. The highest BCUT2D eigenvalue weighted by Gasteiger charge is 2.36. The highest BCUT2D eigenvalue weighted by molar-refractivity contribution is 5.89. The molecule has 26 heavy (non-hydrogen) atoms. The van der Waals surface area contributed by atoms with E-state index in [2.05, 4.69) is 4.98 Å². The number of hydrogen-bond acceptors (Lipinski definition) is 6. The lowest BCUT2D eigenvalue weighted by atomic mass is 10.2. The maximum Gasteiger partial charge on any atom is 0.358 e. The van der Waals surface area contributed by atoms with Crippen LogP contribution < -0.4 is 9.47 Å². The van der Waals surface area contributed by atoms with Crippen molar-refractivity contribution < 1.29 is 28.8 Å². The number of nitrogens with zero attached hydrogens (tertiary/aromatic N) is 1. The predicted octanol–water partition coefficient (Wildman–Crippen LogP) is 3.19. The van der Waals surface area contributed by atoms with Crippen molar-refractivity contribution in [3.8, 4) is 11.5 Å². The second kappa shape index (κ2) is 7.31. The van der Waals surface area contributed by atoms with Crippen LogP contribution in [0.2, 0.25) is 0 Å². The van der Waals surface area contributed by atoms with Crippen LogP contribution in [0.3, 0.4) is 0 Å². The Balaban J connectivity index is 1.92. The summed E-state index contributed by atoms with van der Waals surface area (Å²) >= 11 is 0. The van der Waals surface area contributed by atoms with E-state index in [-0.39, 0.29) is 30.4 Å². The van der Waals surface area contributed by atoms with Gasteiger partial charge in [-0.05, 0) is 19.4 Å². The molecule has 0 spiro atoms. The molecule has 0 aliphatic carbocycles. The van der Waals surface area contributed by atoms with Crippen molar-refractivity contribution in [2.75, 3.05) is 13.7 Å². The van der Waals surface area contributed by atoms with Gasteiger partial charge in [0.2, 0.25) is 0 Å². The van der Waals surface area contributed by atoms with Crippen molar-refractivity contribution in [3.63, 3.8) is 0 Å². The number of aromatic carboxylic acids is 1. The first kappa shape index (κ1) is 18.2. The molecule has 1 N–H and O–H groups in total. The van der Waals surface area contributed by atoms with Gasteiger partial charge in [0, 0.05) is 6.07 Å². The van der Waals surface area contributed by atoms with E-state index in [9.17, 15) is 9.90 Å². The summed E-state index contributed by atoms with van der Waals surface area (Å²) < 4.78 is 22.4. The van der Waals surface area contributed by atoms with Crippen molar-refractivity contribution in [3.05, 3.63) is 53.3 Å². The van der Waals surface area contributed by atoms with Gasteiger partial charge in [-0.1, -0.05) is 30.3 Å². The summed E-state index contributed by atoms with van der Waals surface area (Å²) in [7, 11) is 1.45. The molecule has 0 radical (unpaired) electrons. The molecular formula is C19H21NO6. The lowest BCUT2D eigenvalue weighted by Gasteiger charge is -2.18. The van der Waals surface area contributed by atoms with Gasteiger partial charge >= 0.3 is 5.97 Å². The minimum Gasteiger partial charge on any atom is -0.493 e. The average Bonchev–Trinajstić information content (AvgIpc) is 3.00. The lowest BCUT2D eigenvalue weighted by molar-refractivity contribution is -0.139. The van der Waals surface area contributed by atoms with E-state index in [1.165, 1.54) is 7.11 Å². The molecule has 1 unspecified atom stereocenters. The first-order chi connectivity index (χ1) is 12.4. The van der Waals surface area contributed by atoms with E-state index < -0.39 is 17.9 Å². The van der Waals surface area contributed by atoms with Gasteiger partial charge in [0.05, 0.1) is 19.4 Å².